The molecule has 1 N–H and O–H groups in total. The van der Waals surface area contributed by atoms with Crippen molar-refractivity contribution in [1.82, 2.24) is 5.32 Å². The highest BCUT2D eigenvalue weighted by molar-refractivity contribution is 6.32. The lowest BCUT2D eigenvalue weighted by atomic mass is 10.1. The highest BCUT2D eigenvalue weighted by Gasteiger charge is 2.13. The van der Waals surface area contributed by atoms with E-state index in [2.05, 4.69) is 31.3 Å². The molecule has 0 aliphatic rings. The van der Waals surface area contributed by atoms with Crippen molar-refractivity contribution in [3.63, 3.8) is 0 Å². The molecule has 2 aromatic carbocycles. The van der Waals surface area contributed by atoms with E-state index >= 15 is 0 Å². The highest BCUT2D eigenvalue weighted by Crippen LogP contribution is 2.37. The van der Waals surface area contributed by atoms with Crippen molar-refractivity contribution >= 4 is 11.6 Å². The monoisotopic (exact) mass is 361 g/mol. The Labute approximate surface area is 156 Å². The first-order chi connectivity index (χ1) is 12.2. The molecule has 3 nitrogen and oxygen atoms in total. The van der Waals surface area contributed by atoms with E-state index in [4.69, 9.17) is 21.1 Å². The molecule has 0 saturated heterocycles. The molecule has 4 heteroatoms. The first kappa shape index (κ1) is 19.6. The van der Waals surface area contributed by atoms with E-state index < -0.39 is 0 Å². The molecule has 2 rings (SSSR count). The zero-order valence-electron chi connectivity index (χ0n) is 15.4. The molecule has 136 valence electrons. The molecule has 0 aromatic heterocycles. The Hall–Kier alpha value is -1.71. The number of aryl methyl sites for hydroxylation is 1. The maximum atomic E-state index is 6.48. The molecule has 0 aliphatic carbocycles. The van der Waals surface area contributed by atoms with E-state index in [0.29, 0.717) is 29.7 Å². The van der Waals surface area contributed by atoms with E-state index in [9.17, 15) is 0 Å². The summed E-state index contributed by atoms with van der Waals surface area (Å²) in [6.07, 6.45) is 2.35. The van der Waals surface area contributed by atoms with Gasteiger partial charge >= 0.3 is 0 Å². The van der Waals surface area contributed by atoms with Crippen LogP contribution >= 0.6 is 11.6 Å². The Morgan fingerprint density at radius 1 is 1.08 bits per heavy atom. The lowest BCUT2D eigenvalue weighted by Crippen LogP contribution is -2.14. The minimum atomic E-state index is 0.473. The predicted octanol–water partition coefficient (Wildman–Crippen LogP) is 5.52. The van der Waals surface area contributed by atoms with Crippen LogP contribution in [0, 0.1) is 6.92 Å². The summed E-state index contributed by atoms with van der Waals surface area (Å²) in [5.74, 6) is 1.32. The number of ether oxygens (including phenoxy) is 2. The van der Waals surface area contributed by atoms with Gasteiger partial charge in [0, 0.05) is 6.54 Å². The first-order valence-corrected chi connectivity index (χ1v) is 9.36. The van der Waals surface area contributed by atoms with Gasteiger partial charge < -0.3 is 14.8 Å². The third-order valence-corrected chi connectivity index (χ3v) is 4.32. The van der Waals surface area contributed by atoms with Crippen LogP contribution in [0.2, 0.25) is 5.02 Å². The average Bonchev–Trinajstić information content (AvgIpc) is 2.60. The number of nitrogens with one attached hydrogen (secondary N) is 1. The SMILES string of the molecule is CCCCNCc1cc(Cl)c(OCc2ccccc2C)c(OCC)c1. The van der Waals surface area contributed by atoms with Gasteiger partial charge in [-0.1, -0.05) is 49.2 Å². The molecular weight excluding hydrogens is 334 g/mol. The number of halogens is 1. The van der Waals surface area contributed by atoms with E-state index in [1.165, 1.54) is 18.4 Å². The molecule has 0 bridgehead atoms. The average molecular weight is 362 g/mol. The lowest BCUT2D eigenvalue weighted by molar-refractivity contribution is 0.269. The van der Waals surface area contributed by atoms with E-state index in [-0.39, 0.29) is 0 Å². The summed E-state index contributed by atoms with van der Waals surface area (Å²) in [4.78, 5) is 0. The minimum absolute atomic E-state index is 0.473. The molecule has 0 radical (unpaired) electrons. The number of hydrogen-bond acceptors (Lipinski definition) is 3. The number of unbranched alkanes of at least 4 members (excludes halogenated alkanes) is 1. The van der Waals surface area contributed by atoms with Crippen LogP contribution < -0.4 is 14.8 Å². The fourth-order valence-corrected chi connectivity index (χ4v) is 2.87. The molecule has 0 spiro atoms. The molecule has 0 saturated carbocycles. The lowest BCUT2D eigenvalue weighted by Gasteiger charge is -2.16. The van der Waals surface area contributed by atoms with Crippen LogP contribution in [-0.4, -0.2) is 13.2 Å². The summed E-state index contributed by atoms with van der Waals surface area (Å²) < 4.78 is 11.8. The van der Waals surface area contributed by atoms with Gasteiger partial charge in [0.1, 0.15) is 6.61 Å². The van der Waals surface area contributed by atoms with Gasteiger partial charge in [0.15, 0.2) is 11.5 Å². The van der Waals surface area contributed by atoms with Crippen molar-refractivity contribution in [2.45, 2.75) is 46.8 Å². The fraction of sp³-hybridized carbons (Fsp3) is 0.429. The Morgan fingerprint density at radius 2 is 1.88 bits per heavy atom. The van der Waals surface area contributed by atoms with Gasteiger partial charge in [0.25, 0.3) is 0 Å². The summed E-state index contributed by atoms with van der Waals surface area (Å²) in [5, 5.41) is 4.02. The van der Waals surface area contributed by atoms with E-state index in [1.807, 2.05) is 31.2 Å². The summed E-state index contributed by atoms with van der Waals surface area (Å²) in [7, 11) is 0. The van der Waals surface area contributed by atoms with Crippen molar-refractivity contribution in [2.24, 2.45) is 0 Å². The summed E-state index contributed by atoms with van der Waals surface area (Å²) >= 11 is 6.48. The first-order valence-electron chi connectivity index (χ1n) is 8.99. The minimum Gasteiger partial charge on any atom is -0.490 e. The van der Waals surface area contributed by atoms with E-state index in [0.717, 1.165) is 24.2 Å². The van der Waals surface area contributed by atoms with Gasteiger partial charge in [0.2, 0.25) is 0 Å². The van der Waals surface area contributed by atoms with Crippen molar-refractivity contribution in [1.29, 1.82) is 0 Å². The summed E-state index contributed by atoms with van der Waals surface area (Å²) in [6.45, 7) is 9.05. The maximum absolute atomic E-state index is 6.48. The second-order valence-electron chi connectivity index (χ2n) is 6.08. The Kier molecular flexibility index (Phi) is 8.10. The number of benzene rings is 2. The predicted molar refractivity (Wildman–Crippen MR) is 105 cm³/mol. The fourth-order valence-electron chi connectivity index (χ4n) is 2.58. The molecule has 0 atom stereocenters. The number of rotatable bonds is 10. The quantitative estimate of drug-likeness (QED) is 0.565. The van der Waals surface area contributed by atoms with Crippen LogP contribution in [0.3, 0.4) is 0 Å². The van der Waals surface area contributed by atoms with Gasteiger partial charge in [-0.3, -0.25) is 0 Å². The molecule has 0 amide bonds. The van der Waals surface area contributed by atoms with Crippen LogP contribution in [0.5, 0.6) is 11.5 Å². The molecule has 0 aliphatic heterocycles. The molecule has 2 aromatic rings. The van der Waals surface area contributed by atoms with Gasteiger partial charge in [0.05, 0.1) is 11.6 Å². The third kappa shape index (κ3) is 5.94. The molecule has 0 fully saturated rings. The molecule has 0 unspecified atom stereocenters. The zero-order chi connectivity index (χ0) is 18.1. The van der Waals surface area contributed by atoms with Gasteiger partial charge in [-0.15, -0.1) is 0 Å². The summed E-state index contributed by atoms with van der Waals surface area (Å²) in [6, 6.07) is 12.2. The second kappa shape index (κ2) is 10.3. The van der Waals surface area contributed by atoms with Crippen molar-refractivity contribution in [3.8, 4) is 11.5 Å². The smallest absolute Gasteiger partial charge is 0.180 e. The molecule has 0 heterocycles. The van der Waals surface area contributed by atoms with E-state index in [1.54, 1.807) is 0 Å². The van der Waals surface area contributed by atoms with Gasteiger partial charge in [-0.2, -0.15) is 0 Å². The number of hydrogen-bond donors (Lipinski definition) is 1. The third-order valence-electron chi connectivity index (χ3n) is 4.04. The second-order valence-corrected chi connectivity index (χ2v) is 6.49. The topological polar surface area (TPSA) is 30.5 Å². The van der Waals surface area contributed by atoms with Crippen LogP contribution in [0.4, 0.5) is 0 Å². The zero-order valence-corrected chi connectivity index (χ0v) is 16.2. The normalized spacial score (nSPS) is 10.7. The van der Waals surface area contributed by atoms with Crippen LogP contribution in [0.25, 0.3) is 0 Å². The van der Waals surface area contributed by atoms with Gasteiger partial charge in [-0.25, -0.2) is 0 Å². The largest absolute Gasteiger partial charge is 0.490 e. The van der Waals surface area contributed by atoms with Crippen LogP contribution in [-0.2, 0) is 13.2 Å². The highest BCUT2D eigenvalue weighted by atomic mass is 35.5. The van der Waals surface area contributed by atoms with Gasteiger partial charge in [-0.05, 0) is 55.6 Å². The van der Waals surface area contributed by atoms with Crippen LogP contribution in [0.15, 0.2) is 36.4 Å². The Balaban J connectivity index is 2.11. The van der Waals surface area contributed by atoms with Crippen molar-refractivity contribution in [2.75, 3.05) is 13.2 Å². The van der Waals surface area contributed by atoms with Crippen LogP contribution in [0.1, 0.15) is 43.4 Å². The molecule has 25 heavy (non-hydrogen) atoms. The Morgan fingerprint density at radius 3 is 2.60 bits per heavy atom. The maximum Gasteiger partial charge on any atom is 0.180 e. The van der Waals surface area contributed by atoms with Crippen molar-refractivity contribution < 1.29 is 9.47 Å². The summed E-state index contributed by atoms with van der Waals surface area (Å²) in [5.41, 5.74) is 3.45. The Bertz CT molecular complexity index is 673. The van der Waals surface area contributed by atoms with Crippen molar-refractivity contribution in [3.05, 3.63) is 58.1 Å². The standard InChI is InChI=1S/C21H28ClNO2/c1-4-6-11-23-14-17-12-19(22)21(20(13-17)24-5-2)25-15-18-10-8-7-9-16(18)3/h7-10,12-13,23H,4-6,11,14-15H2,1-3H3. The molecular formula is C21H28ClNO2.